The predicted molar refractivity (Wildman–Crippen MR) is 113 cm³/mol. The van der Waals surface area contributed by atoms with E-state index in [1.807, 2.05) is 69.3 Å². The zero-order chi connectivity index (χ0) is 20.4. The number of para-hydroxylation sites is 1. The Morgan fingerprint density at radius 3 is 1.89 bits per heavy atom. The molecule has 0 aromatic heterocycles. The summed E-state index contributed by atoms with van der Waals surface area (Å²) in [6, 6.07) is 19.3. The fourth-order valence-corrected chi connectivity index (χ4v) is 3.30. The Labute approximate surface area is 163 Å². The molecule has 2 aromatic carbocycles. The van der Waals surface area contributed by atoms with Gasteiger partial charge in [-0.25, -0.2) is 0 Å². The molecule has 1 fully saturated rings. The Morgan fingerprint density at radius 1 is 0.889 bits per heavy atom. The molecule has 146 valence electrons. The van der Waals surface area contributed by atoms with E-state index >= 15 is 0 Å². The summed E-state index contributed by atoms with van der Waals surface area (Å²) < 4.78 is 0. The highest BCUT2D eigenvalue weighted by atomic mass is 16.2. The molecule has 4 heteroatoms. The van der Waals surface area contributed by atoms with Crippen molar-refractivity contribution in [1.29, 1.82) is 0 Å². The zero-order valence-corrected chi connectivity index (χ0v) is 17.1. The van der Waals surface area contributed by atoms with Gasteiger partial charge in [-0.15, -0.1) is 0 Å². The van der Waals surface area contributed by atoms with Crippen LogP contribution in [0.2, 0.25) is 0 Å². The Hall–Kier alpha value is -2.46. The van der Waals surface area contributed by atoms with Crippen molar-refractivity contribution < 1.29 is 9.59 Å². The van der Waals surface area contributed by atoms with Crippen molar-refractivity contribution in [2.75, 3.05) is 11.9 Å². The Morgan fingerprint density at radius 2 is 1.37 bits per heavy atom. The third-order valence-electron chi connectivity index (χ3n) is 4.74. The number of hydrogen-bond acceptors (Lipinski definition) is 3. The number of nitrogens with two attached hydrogens (primary N) is 1. The van der Waals surface area contributed by atoms with E-state index in [2.05, 4.69) is 24.8 Å². The lowest BCUT2D eigenvalue weighted by atomic mass is 9.85. The smallest absolute Gasteiger partial charge is 0.237 e. The van der Waals surface area contributed by atoms with Crippen LogP contribution >= 0.6 is 0 Å². The minimum absolute atomic E-state index is 0.0727. The number of anilines is 1. The quantitative estimate of drug-likeness (QED) is 0.802. The third kappa shape index (κ3) is 5.27. The van der Waals surface area contributed by atoms with Crippen LogP contribution in [0.3, 0.4) is 0 Å². The van der Waals surface area contributed by atoms with Gasteiger partial charge in [0.15, 0.2) is 0 Å². The van der Waals surface area contributed by atoms with Gasteiger partial charge in [-0.3, -0.25) is 14.5 Å². The van der Waals surface area contributed by atoms with Crippen molar-refractivity contribution >= 4 is 17.5 Å². The van der Waals surface area contributed by atoms with E-state index in [0.717, 1.165) is 0 Å². The summed E-state index contributed by atoms with van der Waals surface area (Å²) in [4.78, 5) is 26.7. The molecule has 1 aliphatic rings. The Kier molecular flexibility index (Phi) is 9.45. The minimum Gasteiger partial charge on any atom is -0.333 e. The van der Waals surface area contributed by atoms with Gasteiger partial charge in [-0.05, 0) is 37.1 Å². The van der Waals surface area contributed by atoms with Crippen molar-refractivity contribution in [2.45, 2.75) is 40.0 Å². The monoisotopic (exact) mass is 368 g/mol. The second-order valence-electron chi connectivity index (χ2n) is 6.29. The molecule has 2 N–H and O–H groups in total. The van der Waals surface area contributed by atoms with E-state index in [4.69, 9.17) is 0 Å². The Balaban J connectivity index is 0.000000855. The summed E-state index contributed by atoms with van der Waals surface area (Å²) in [5, 5.41) is 0. The van der Waals surface area contributed by atoms with Crippen molar-refractivity contribution in [3.8, 4) is 0 Å². The summed E-state index contributed by atoms with van der Waals surface area (Å²) in [6.07, 6.45) is 0.694. The number of carbonyl (C=O) groups excluding carboxylic acids is 2. The molecule has 3 atom stereocenters. The average molecular weight is 369 g/mol. The first-order chi connectivity index (χ1) is 13.1. The number of amides is 2. The molecule has 27 heavy (non-hydrogen) atoms. The summed E-state index contributed by atoms with van der Waals surface area (Å²) in [6.45, 7) is 7.98. The summed E-state index contributed by atoms with van der Waals surface area (Å²) in [5.74, 6) is -0.439. The molecule has 0 aliphatic carbocycles. The van der Waals surface area contributed by atoms with Crippen LogP contribution in [0, 0.1) is 11.8 Å². The van der Waals surface area contributed by atoms with Crippen molar-refractivity contribution in [3.63, 3.8) is 0 Å². The molecule has 2 aromatic rings. The van der Waals surface area contributed by atoms with Gasteiger partial charge in [0.1, 0.15) is 0 Å². The first kappa shape index (κ1) is 22.6. The standard InChI is InChI=1S/C20H21NO2.C2H6.CH5N/c1-14(16-9-5-3-6-10-16)13-18-15(2)19(22)21(20(18)23)17-11-7-4-8-12-17;2*1-2/h3-12,14-15,18H,13H2,1-2H3;1-2H3;2H2,1H3. The lowest BCUT2D eigenvalue weighted by molar-refractivity contribution is -0.122. The topological polar surface area (TPSA) is 63.4 Å². The van der Waals surface area contributed by atoms with Crippen molar-refractivity contribution in [3.05, 3.63) is 66.2 Å². The maximum Gasteiger partial charge on any atom is 0.237 e. The van der Waals surface area contributed by atoms with Crippen LogP contribution in [0.4, 0.5) is 5.69 Å². The summed E-state index contributed by atoms with van der Waals surface area (Å²) in [5.41, 5.74) is 6.38. The second-order valence-corrected chi connectivity index (χ2v) is 6.29. The number of imide groups is 1. The molecule has 3 unspecified atom stereocenters. The molecule has 1 saturated heterocycles. The van der Waals surface area contributed by atoms with Gasteiger partial charge in [-0.2, -0.15) is 0 Å². The first-order valence-electron chi connectivity index (χ1n) is 9.65. The largest absolute Gasteiger partial charge is 0.333 e. The molecule has 2 amide bonds. The summed E-state index contributed by atoms with van der Waals surface area (Å²) >= 11 is 0. The van der Waals surface area contributed by atoms with Gasteiger partial charge < -0.3 is 5.73 Å². The molecular formula is C23H32N2O2. The van der Waals surface area contributed by atoms with Gasteiger partial charge in [0.2, 0.25) is 11.8 Å². The van der Waals surface area contributed by atoms with Crippen molar-refractivity contribution in [2.24, 2.45) is 17.6 Å². The molecule has 0 bridgehead atoms. The van der Waals surface area contributed by atoms with Gasteiger partial charge >= 0.3 is 0 Å². The lowest BCUT2D eigenvalue weighted by Crippen LogP contribution is -2.30. The van der Waals surface area contributed by atoms with Crippen LogP contribution in [-0.2, 0) is 9.59 Å². The first-order valence-corrected chi connectivity index (χ1v) is 9.65. The van der Waals surface area contributed by atoms with E-state index in [0.29, 0.717) is 12.1 Å². The fraction of sp³-hybridized carbons (Fsp3) is 0.391. The van der Waals surface area contributed by atoms with E-state index in [1.54, 1.807) is 0 Å². The highest BCUT2D eigenvalue weighted by molar-refractivity contribution is 6.21. The molecule has 3 rings (SSSR count). The van der Waals surface area contributed by atoms with Gasteiger partial charge in [0.25, 0.3) is 0 Å². The highest BCUT2D eigenvalue weighted by Crippen LogP contribution is 2.36. The number of nitrogens with zero attached hydrogens (tertiary/aromatic N) is 1. The number of hydrogen-bond donors (Lipinski definition) is 1. The number of benzene rings is 2. The van der Waals surface area contributed by atoms with Crippen LogP contribution in [0.15, 0.2) is 60.7 Å². The van der Waals surface area contributed by atoms with Crippen LogP contribution < -0.4 is 10.6 Å². The van der Waals surface area contributed by atoms with E-state index in [-0.39, 0.29) is 29.6 Å². The molecule has 0 radical (unpaired) electrons. The van der Waals surface area contributed by atoms with Crippen LogP contribution in [0.5, 0.6) is 0 Å². The van der Waals surface area contributed by atoms with E-state index < -0.39 is 0 Å². The lowest BCUT2D eigenvalue weighted by Gasteiger charge is -2.18. The molecule has 4 nitrogen and oxygen atoms in total. The molecular weight excluding hydrogens is 336 g/mol. The molecule has 1 heterocycles. The fourth-order valence-electron chi connectivity index (χ4n) is 3.30. The normalized spacial score (nSPS) is 19.6. The maximum absolute atomic E-state index is 12.8. The average Bonchev–Trinajstić information content (AvgIpc) is 2.95. The van der Waals surface area contributed by atoms with Crippen LogP contribution in [0.1, 0.15) is 45.6 Å². The molecule has 1 aliphatic heterocycles. The predicted octanol–water partition coefficient (Wildman–Crippen LogP) is 4.61. The Bertz CT molecular complexity index is 701. The third-order valence-corrected chi connectivity index (χ3v) is 4.74. The van der Waals surface area contributed by atoms with Crippen molar-refractivity contribution in [1.82, 2.24) is 0 Å². The van der Waals surface area contributed by atoms with Crippen LogP contribution in [0.25, 0.3) is 0 Å². The maximum atomic E-state index is 12.8. The van der Waals surface area contributed by atoms with E-state index in [9.17, 15) is 9.59 Å². The summed E-state index contributed by atoms with van der Waals surface area (Å²) in [7, 11) is 1.50. The molecule has 0 saturated carbocycles. The minimum atomic E-state index is -0.270. The SMILES string of the molecule is CC.CC(CC1C(=O)N(c2ccccc2)C(=O)C1C)c1ccccc1.CN. The van der Waals surface area contributed by atoms with Gasteiger partial charge in [0.05, 0.1) is 11.6 Å². The zero-order valence-electron chi connectivity index (χ0n) is 17.1. The van der Waals surface area contributed by atoms with Gasteiger partial charge in [-0.1, -0.05) is 76.2 Å². The van der Waals surface area contributed by atoms with E-state index in [1.165, 1.54) is 17.5 Å². The number of rotatable bonds is 4. The van der Waals surface area contributed by atoms with Crippen LogP contribution in [-0.4, -0.2) is 18.9 Å². The highest BCUT2D eigenvalue weighted by Gasteiger charge is 2.45. The van der Waals surface area contributed by atoms with Gasteiger partial charge in [0, 0.05) is 5.92 Å². The second kappa shape index (κ2) is 11.3. The number of carbonyl (C=O) groups is 2. The molecule has 0 spiro atoms.